The van der Waals surface area contributed by atoms with Crippen LogP contribution in [0.4, 0.5) is 0 Å². The van der Waals surface area contributed by atoms with Crippen LogP contribution < -0.4 is 20.1 Å². The van der Waals surface area contributed by atoms with Crippen molar-refractivity contribution in [3.8, 4) is 11.5 Å². The molecule has 0 saturated carbocycles. The molecule has 0 aliphatic rings. The molecular formula is C19H21BrN2O4. The lowest BCUT2D eigenvalue weighted by atomic mass is 10.1. The zero-order valence-electron chi connectivity index (χ0n) is 14.7. The Labute approximate surface area is 161 Å². The first-order valence-electron chi connectivity index (χ1n) is 8.05. The second-order valence-electron chi connectivity index (χ2n) is 5.48. The zero-order chi connectivity index (χ0) is 18.9. The normalized spacial score (nSPS) is 10.1. The number of methoxy groups -OCH3 is 2. The van der Waals surface area contributed by atoms with Gasteiger partial charge >= 0.3 is 0 Å². The Morgan fingerprint density at radius 2 is 1.77 bits per heavy atom. The molecule has 0 radical (unpaired) electrons. The summed E-state index contributed by atoms with van der Waals surface area (Å²) >= 11 is 3.31. The predicted molar refractivity (Wildman–Crippen MR) is 103 cm³/mol. The number of rotatable bonds is 8. The third kappa shape index (κ3) is 5.77. The fourth-order valence-electron chi connectivity index (χ4n) is 2.34. The summed E-state index contributed by atoms with van der Waals surface area (Å²) < 4.78 is 11.3. The molecule has 2 aromatic rings. The molecule has 0 saturated heterocycles. The maximum Gasteiger partial charge on any atom is 0.251 e. The topological polar surface area (TPSA) is 76.7 Å². The molecule has 0 aromatic heterocycles. The molecule has 0 bridgehead atoms. The number of benzene rings is 2. The molecule has 0 aliphatic heterocycles. The fourth-order valence-corrected chi connectivity index (χ4v) is 2.74. The van der Waals surface area contributed by atoms with E-state index in [1.54, 1.807) is 32.4 Å². The van der Waals surface area contributed by atoms with Gasteiger partial charge in [0.15, 0.2) is 11.5 Å². The van der Waals surface area contributed by atoms with E-state index in [0.717, 1.165) is 10.0 Å². The average Bonchev–Trinajstić information content (AvgIpc) is 2.65. The van der Waals surface area contributed by atoms with Gasteiger partial charge in [-0.3, -0.25) is 9.59 Å². The Morgan fingerprint density at radius 1 is 1.00 bits per heavy atom. The summed E-state index contributed by atoms with van der Waals surface area (Å²) in [6.45, 7) is 0.387. The van der Waals surface area contributed by atoms with Crippen LogP contribution >= 0.6 is 15.9 Å². The average molecular weight is 421 g/mol. The number of nitrogens with one attached hydrogen (secondary N) is 2. The van der Waals surface area contributed by atoms with Crippen molar-refractivity contribution in [3.63, 3.8) is 0 Å². The van der Waals surface area contributed by atoms with Gasteiger partial charge in [0.2, 0.25) is 5.91 Å². The highest BCUT2D eigenvalue weighted by Crippen LogP contribution is 2.27. The monoisotopic (exact) mass is 420 g/mol. The molecule has 2 rings (SSSR count). The van der Waals surface area contributed by atoms with E-state index in [4.69, 9.17) is 9.47 Å². The number of hydrogen-bond acceptors (Lipinski definition) is 4. The minimum absolute atomic E-state index is 0.0721. The lowest BCUT2D eigenvalue weighted by Crippen LogP contribution is -2.37. The number of carbonyl (C=O) groups is 2. The van der Waals surface area contributed by atoms with E-state index in [2.05, 4.69) is 26.6 Å². The van der Waals surface area contributed by atoms with Crippen molar-refractivity contribution >= 4 is 27.7 Å². The smallest absolute Gasteiger partial charge is 0.251 e. The van der Waals surface area contributed by atoms with Crippen LogP contribution in [-0.4, -0.2) is 39.1 Å². The number of ether oxygens (including phenoxy) is 2. The molecule has 2 N–H and O–H groups in total. The van der Waals surface area contributed by atoms with Gasteiger partial charge in [0.1, 0.15) is 0 Å². The quantitative estimate of drug-likeness (QED) is 0.687. The van der Waals surface area contributed by atoms with Gasteiger partial charge in [-0.1, -0.05) is 28.1 Å². The van der Waals surface area contributed by atoms with E-state index < -0.39 is 0 Å². The molecule has 138 valence electrons. The first-order valence-corrected chi connectivity index (χ1v) is 8.84. The lowest BCUT2D eigenvalue weighted by Gasteiger charge is -2.10. The SMILES string of the molecule is COc1ccc(CCNC(=O)CNC(=O)c2cccc(Br)c2)cc1OC. The van der Waals surface area contributed by atoms with Crippen molar-refractivity contribution < 1.29 is 19.1 Å². The molecule has 0 unspecified atom stereocenters. The van der Waals surface area contributed by atoms with Crippen molar-refractivity contribution in [1.29, 1.82) is 0 Å². The van der Waals surface area contributed by atoms with Crippen molar-refractivity contribution in [2.45, 2.75) is 6.42 Å². The Bertz CT molecular complexity index is 780. The second-order valence-corrected chi connectivity index (χ2v) is 6.40. The molecule has 2 aromatic carbocycles. The Balaban J connectivity index is 1.76. The van der Waals surface area contributed by atoms with E-state index in [1.807, 2.05) is 24.3 Å². The van der Waals surface area contributed by atoms with Crippen LogP contribution in [0.5, 0.6) is 11.5 Å². The van der Waals surface area contributed by atoms with E-state index in [-0.39, 0.29) is 18.4 Å². The highest BCUT2D eigenvalue weighted by Gasteiger charge is 2.09. The van der Waals surface area contributed by atoms with Crippen LogP contribution in [-0.2, 0) is 11.2 Å². The summed E-state index contributed by atoms with van der Waals surface area (Å²) in [7, 11) is 3.16. The molecule has 26 heavy (non-hydrogen) atoms. The Hall–Kier alpha value is -2.54. The molecule has 0 aliphatic carbocycles. The van der Waals surface area contributed by atoms with Crippen LogP contribution in [0.3, 0.4) is 0 Å². The van der Waals surface area contributed by atoms with E-state index in [9.17, 15) is 9.59 Å². The number of carbonyl (C=O) groups excluding carboxylic acids is 2. The van der Waals surface area contributed by atoms with Gasteiger partial charge in [-0.25, -0.2) is 0 Å². The van der Waals surface area contributed by atoms with Gasteiger partial charge in [0.05, 0.1) is 20.8 Å². The largest absolute Gasteiger partial charge is 0.493 e. The summed E-state index contributed by atoms with van der Waals surface area (Å²) in [6, 6.07) is 12.6. The van der Waals surface area contributed by atoms with Crippen LogP contribution in [0, 0.1) is 0 Å². The molecule has 0 atom stereocenters. The van der Waals surface area contributed by atoms with Crippen LogP contribution in [0.25, 0.3) is 0 Å². The van der Waals surface area contributed by atoms with Crippen LogP contribution in [0.15, 0.2) is 46.9 Å². The summed E-state index contributed by atoms with van der Waals surface area (Å²) in [5.74, 6) is 0.781. The molecule has 2 amide bonds. The maximum absolute atomic E-state index is 12.0. The van der Waals surface area contributed by atoms with Gasteiger partial charge in [0.25, 0.3) is 5.91 Å². The molecule has 0 spiro atoms. The van der Waals surface area contributed by atoms with Gasteiger partial charge < -0.3 is 20.1 Å². The van der Waals surface area contributed by atoms with Gasteiger partial charge in [-0.05, 0) is 42.3 Å². The third-order valence-electron chi connectivity index (χ3n) is 3.68. The summed E-state index contributed by atoms with van der Waals surface area (Å²) in [5, 5.41) is 5.38. The fraction of sp³-hybridized carbons (Fsp3) is 0.263. The Morgan fingerprint density at radius 3 is 2.46 bits per heavy atom. The second kappa shape index (κ2) is 9.82. The van der Waals surface area contributed by atoms with E-state index >= 15 is 0 Å². The summed E-state index contributed by atoms with van der Waals surface area (Å²) in [5.41, 5.74) is 1.51. The zero-order valence-corrected chi connectivity index (χ0v) is 16.3. The molecule has 6 nitrogen and oxygen atoms in total. The van der Waals surface area contributed by atoms with Crippen molar-refractivity contribution in [2.24, 2.45) is 0 Å². The molecule has 0 heterocycles. The molecule has 7 heteroatoms. The van der Waals surface area contributed by atoms with Crippen molar-refractivity contribution in [2.75, 3.05) is 27.3 Å². The lowest BCUT2D eigenvalue weighted by molar-refractivity contribution is -0.120. The number of amides is 2. The van der Waals surface area contributed by atoms with Crippen LogP contribution in [0.2, 0.25) is 0 Å². The third-order valence-corrected chi connectivity index (χ3v) is 4.17. The first kappa shape index (κ1) is 19.8. The van der Waals surface area contributed by atoms with E-state index in [0.29, 0.717) is 30.0 Å². The predicted octanol–water partition coefficient (Wildman–Crippen LogP) is 2.55. The van der Waals surface area contributed by atoms with E-state index in [1.165, 1.54) is 0 Å². The number of halogens is 1. The highest BCUT2D eigenvalue weighted by atomic mass is 79.9. The standard InChI is InChI=1S/C19H21BrN2O4/c1-25-16-7-6-13(10-17(16)26-2)8-9-21-18(23)12-22-19(24)14-4-3-5-15(20)11-14/h3-7,10-11H,8-9,12H2,1-2H3,(H,21,23)(H,22,24). The van der Waals surface area contributed by atoms with Gasteiger partial charge in [0, 0.05) is 16.6 Å². The first-order chi connectivity index (χ1) is 12.5. The molecular weight excluding hydrogens is 400 g/mol. The summed E-state index contributed by atoms with van der Waals surface area (Å²) in [4.78, 5) is 23.9. The number of hydrogen-bond donors (Lipinski definition) is 2. The van der Waals surface area contributed by atoms with Gasteiger partial charge in [-0.2, -0.15) is 0 Å². The minimum Gasteiger partial charge on any atom is -0.493 e. The maximum atomic E-state index is 12.0. The highest BCUT2D eigenvalue weighted by molar-refractivity contribution is 9.10. The minimum atomic E-state index is -0.290. The van der Waals surface area contributed by atoms with Crippen molar-refractivity contribution in [3.05, 3.63) is 58.1 Å². The van der Waals surface area contributed by atoms with Crippen LogP contribution in [0.1, 0.15) is 15.9 Å². The van der Waals surface area contributed by atoms with Crippen molar-refractivity contribution in [1.82, 2.24) is 10.6 Å². The Kier molecular flexibility index (Phi) is 7.47. The van der Waals surface area contributed by atoms with Gasteiger partial charge in [-0.15, -0.1) is 0 Å². The molecule has 0 fully saturated rings. The summed E-state index contributed by atoms with van der Waals surface area (Å²) in [6.07, 6.45) is 0.645.